The molecule has 0 N–H and O–H groups in total. The average molecular weight is 295 g/mol. The van der Waals surface area contributed by atoms with Gasteiger partial charge in [0.2, 0.25) is 6.08 Å². The third-order valence-corrected chi connectivity index (χ3v) is 2.38. The molecule has 0 radical (unpaired) electrons. The van der Waals surface area contributed by atoms with E-state index in [1.165, 1.54) is 12.1 Å². The molecule has 1 aromatic rings. The summed E-state index contributed by atoms with van der Waals surface area (Å²) < 4.78 is 24.6. The fourth-order valence-electron chi connectivity index (χ4n) is 0.781. The van der Waals surface area contributed by atoms with Gasteiger partial charge in [-0.15, -0.1) is 0 Å². The van der Waals surface area contributed by atoms with Gasteiger partial charge in [-0.3, -0.25) is 0 Å². The number of carbonyl (C=O) groups excluding carboxylic acids is 1. The second kappa shape index (κ2) is 4.43. The third-order valence-electron chi connectivity index (χ3n) is 1.38. The minimum absolute atomic E-state index is 0.433. The van der Waals surface area contributed by atoms with Crippen molar-refractivity contribution in [1.29, 1.82) is 0 Å². The Morgan fingerprint density at radius 3 is 2.62 bits per heavy atom. The Morgan fingerprint density at radius 1 is 1.38 bits per heavy atom. The van der Waals surface area contributed by atoms with E-state index in [2.05, 4.69) is 4.99 Å². The van der Waals surface area contributed by atoms with Crippen LogP contribution in [-0.2, 0) is 4.79 Å². The lowest BCUT2D eigenvalue weighted by Gasteiger charge is -2.02. The van der Waals surface area contributed by atoms with Crippen molar-refractivity contribution < 1.29 is 13.6 Å². The van der Waals surface area contributed by atoms with Gasteiger partial charge in [0.15, 0.2) is 11.6 Å². The second-order valence-electron chi connectivity index (χ2n) is 2.23. The number of benzene rings is 1. The van der Waals surface area contributed by atoms with Crippen LogP contribution in [0, 0.1) is 11.6 Å². The van der Waals surface area contributed by atoms with Crippen molar-refractivity contribution in [3.63, 3.8) is 0 Å². The first-order valence-corrected chi connectivity index (χ1v) is 4.55. The van der Waals surface area contributed by atoms with E-state index >= 15 is 0 Å². The number of nitrogens with zero attached hydrogens (tertiary/aromatic N) is 1. The number of hydrogen-bond donors (Lipinski definition) is 0. The summed E-state index contributed by atoms with van der Waals surface area (Å²) in [5.41, 5.74) is 0.433. The van der Waals surface area contributed by atoms with E-state index in [-0.39, 0.29) is 0 Å². The van der Waals surface area contributed by atoms with Crippen molar-refractivity contribution in [3.8, 4) is 0 Å². The van der Waals surface area contributed by atoms with Crippen LogP contribution in [0.15, 0.2) is 23.2 Å². The van der Waals surface area contributed by atoms with Crippen LogP contribution in [-0.4, -0.2) is 6.08 Å². The summed E-state index contributed by atoms with van der Waals surface area (Å²) in [6, 6.07) is 3.38. The highest BCUT2D eigenvalue weighted by molar-refractivity contribution is 14.1. The van der Waals surface area contributed by atoms with Crippen molar-refractivity contribution in [3.05, 3.63) is 35.4 Å². The molecule has 0 saturated carbocycles. The molecule has 2 nitrogen and oxygen atoms in total. The van der Waals surface area contributed by atoms with Crippen molar-refractivity contribution in [1.82, 2.24) is 0 Å². The first-order chi connectivity index (χ1) is 6.15. The fraction of sp³-hybridized carbons (Fsp3) is 0.125. The van der Waals surface area contributed by atoms with E-state index in [1.54, 1.807) is 0 Å². The molecule has 0 saturated heterocycles. The lowest BCUT2D eigenvalue weighted by molar-refractivity contribution is 0.507. The van der Waals surface area contributed by atoms with E-state index in [1.807, 2.05) is 22.6 Å². The number of hydrogen-bond acceptors (Lipinski definition) is 2. The Morgan fingerprint density at radius 2 is 2.08 bits per heavy atom. The smallest absolute Gasteiger partial charge is 0.211 e. The molecule has 0 amide bonds. The summed E-state index contributed by atoms with van der Waals surface area (Å²) in [4.78, 5) is 13.2. The zero-order chi connectivity index (χ0) is 9.84. The van der Waals surface area contributed by atoms with Crippen molar-refractivity contribution in [2.45, 2.75) is 4.05 Å². The number of aliphatic imine (C=N–C) groups is 1. The number of alkyl halides is 1. The third kappa shape index (κ3) is 2.57. The van der Waals surface area contributed by atoms with Crippen LogP contribution in [0.1, 0.15) is 9.61 Å². The molecule has 1 unspecified atom stereocenters. The van der Waals surface area contributed by atoms with Crippen LogP contribution in [0.5, 0.6) is 0 Å². The normalized spacial score (nSPS) is 11.9. The molecule has 0 heterocycles. The summed E-state index contributed by atoms with van der Waals surface area (Å²) in [5.74, 6) is -1.86. The Hall–Kier alpha value is -0.810. The van der Waals surface area contributed by atoms with Crippen LogP contribution in [0.3, 0.4) is 0 Å². The van der Waals surface area contributed by atoms with E-state index in [4.69, 9.17) is 0 Å². The molecule has 0 spiro atoms. The Kier molecular flexibility index (Phi) is 3.50. The van der Waals surface area contributed by atoms with Crippen LogP contribution in [0.25, 0.3) is 0 Å². The number of rotatable bonds is 2. The largest absolute Gasteiger partial charge is 0.236 e. The maximum Gasteiger partial charge on any atom is 0.236 e. The summed E-state index contributed by atoms with van der Waals surface area (Å²) >= 11 is 1.82. The first-order valence-electron chi connectivity index (χ1n) is 3.31. The first kappa shape index (κ1) is 10.3. The molecule has 1 atom stereocenters. The van der Waals surface area contributed by atoms with Crippen LogP contribution in [0.4, 0.5) is 8.78 Å². The molecule has 0 aliphatic rings. The van der Waals surface area contributed by atoms with Gasteiger partial charge >= 0.3 is 0 Å². The molecular weight excluding hydrogens is 291 g/mol. The molecule has 0 bridgehead atoms. The highest BCUT2D eigenvalue weighted by Gasteiger charge is 2.08. The zero-order valence-electron chi connectivity index (χ0n) is 6.30. The Balaban J connectivity index is 3.03. The zero-order valence-corrected chi connectivity index (χ0v) is 8.46. The Bertz CT molecular complexity index is 363. The second-order valence-corrected chi connectivity index (χ2v) is 3.41. The fourth-order valence-corrected chi connectivity index (χ4v) is 1.28. The SMILES string of the molecule is O=C=NC(I)c1ccc(F)c(F)c1. The van der Waals surface area contributed by atoms with Gasteiger partial charge in [0.25, 0.3) is 0 Å². The van der Waals surface area contributed by atoms with Crippen LogP contribution >= 0.6 is 22.6 Å². The van der Waals surface area contributed by atoms with Gasteiger partial charge in [0, 0.05) is 0 Å². The molecule has 68 valence electrons. The van der Waals surface area contributed by atoms with Gasteiger partial charge in [-0.05, 0) is 17.7 Å². The van der Waals surface area contributed by atoms with Crippen molar-refractivity contribution in [2.24, 2.45) is 4.99 Å². The van der Waals surface area contributed by atoms with E-state index in [0.717, 1.165) is 12.1 Å². The van der Waals surface area contributed by atoms with Crippen LogP contribution < -0.4 is 0 Å². The minimum Gasteiger partial charge on any atom is -0.211 e. The Labute approximate surface area is 86.8 Å². The molecule has 5 heteroatoms. The van der Waals surface area contributed by atoms with Crippen LogP contribution in [0.2, 0.25) is 0 Å². The molecule has 0 aromatic heterocycles. The minimum atomic E-state index is -0.944. The average Bonchev–Trinajstić information content (AvgIpc) is 2.10. The molecule has 1 aromatic carbocycles. The number of isocyanates is 1. The summed E-state index contributed by atoms with van der Waals surface area (Å²) in [5, 5.41) is 0. The molecular formula is C8H4F2INO. The van der Waals surface area contributed by atoms with E-state index in [0.29, 0.717) is 5.56 Å². The van der Waals surface area contributed by atoms with E-state index < -0.39 is 15.7 Å². The molecule has 13 heavy (non-hydrogen) atoms. The lowest BCUT2D eigenvalue weighted by Crippen LogP contribution is -1.90. The molecule has 0 aliphatic heterocycles. The predicted octanol–water partition coefficient (Wildman–Crippen LogP) is 2.73. The standard InChI is InChI=1S/C8H4F2INO/c9-6-2-1-5(3-7(6)10)8(11)12-4-13/h1-3,8H. The maximum absolute atomic E-state index is 12.7. The van der Waals surface area contributed by atoms with Gasteiger partial charge in [0.1, 0.15) is 4.05 Å². The van der Waals surface area contributed by atoms with Gasteiger partial charge in [-0.1, -0.05) is 28.7 Å². The number of halogens is 3. The molecule has 0 aliphatic carbocycles. The monoisotopic (exact) mass is 295 g/mol. The van der Waals surface area contributed by atoms with Crippen molar-refractivity contribution in [2.75, 3.05) is 0 Å². The highest BCUT2D eigenvalue weighted by Crippen LogP contribution is 2.25. The lowest BCUT2D eigenvalue weighted by atomic mass is 10.2. The highest BCUT2D eigenvalue weighted by atomic mass is 127. The molecule has 0 fully saturated rings. The van der Waals surface area contributed by atoms with Gasteiger partial charge in [-0.25, -0.2) is 13.6 Å². The topological polar surface area (TPSA) is 29.4 Å². The van der Waals surface area contributed by atoms with Gasteiger partial charge in [-0.2, -0.15) is 4.99 Å². The van der Waals surface area contributed by atoms with E-state index in [9.17, 15) is 13.6 Å². The van der Waals surface area contributed by atoms with Gasteiger partial charge < -0.3 is 0 Å². The predicted molar refractivity (Wildman–Crippen MR) is 51.2 cm³/mol. The maximum atomic E-state index is 12.7. The quantitative estimate of drug-likeness (QED) is 0.271. The van der Waals surface area contributed by atoms with Gasteiger partial charge in [0.05, 0.1) is 0 Å². The summed E-state index contributed by atoms with van der Waals surface area (Å²) in [6.45, 7) is 0. The summed E-state index contributed by atoms with van der Waals surface area (Å²) in [6.07, 6.45) is 1.35. The van der Waals surface area contributed by atoms with Crippen molar-refractivity contribution >= 4 is 28.7 Å². The molecule has 1 rings (SSSR count). The summed E-state index contributed by atoms with van der Waals surface area (Å²) in [7, 11) is 0.